The van der Waals surface area contributed by atoms with Crippen LogP contribution < -0.4 is 5.32 Å². The summed E-state index contributed by atoms with van der Waals surface area (Å²) in [6.45, 7) is 0.270. The molecule has 2 atom stereocenters. The largest absolute Gasteiger partial charge is 0.445 e. The Balaban J connectivity index is 1.78. The van der Waals surface area contributed by atoms with Crippen LogP contribution in [-0.4, -0.2) is 23.3 Å². The van der Waals surface area contributed by atoms with Gasteiger partial charge in [-0.05, 0) is 18.4 Å². The van der Waals surface area contributed by atoms with Crippen molar-refractivity contribution in [2.75, 3.05) is 0 Å². The van der Waals surface area contributed by atoms with Crippen molar-refractivity contribution in [3.05, 3.63) is 48.0 Å². The van der Waals surface area contributed by atoms with Crippen LogP contribution in [0, 0.1) is 0 Å². The topological polar surface area (TPSA) is 58.6 Å². The van der Waals surface area contributed by atoms with Crippen LogP contribution in [-0.2, 0) is 11.3 Å². The molecule has 4 heteroatoms. The van der Waals surface area contributed by atoms with E-state index in [2.05, 4.69) is 5.32 Å². The van der Waals surface area contributed by atoms with Crippen LogP contribution in [0.15, 0.2) is 42.5 Å². The number of carbonyl (C=O) groups excluding carboxylic acids is 1. The molecule has 0 aromatic heterocycles. The third-order valence-corrected chi connectivity index (χ3v) is 3.35. The van der Waals surface area contributed by atoms with E-state index in [1.165, 1.54) is 0 Å². The van der Waals surface area contributed by atoms with Crippen molar-refractivity contribution in [1.29, 1.82) is 0 Å². The molecule has 1 amide bonds. The SMILES string of the molecule is O=C(N[C@H]1C=C[C@@H](O)CCCC1)OCc1ccccc1. The van der Waals surface area contributed by atoms with Crippen molar-refractivity contribution < 1.29 is 14.6 Å². The van der Waals surface area contributed by atoms with Crippen LogP contribution in [0.4, 0.5) is 4.79 Å². The minimum Gasteiger partial charge on any atom is -0.445 e. The van der Waals surface area contributed by atoms with Crippen molar-refractivity contribution in [2.45, 2.75) is 44.4 Å². The Labute approximate surface area is 119 Å². The summed E-state index contributed by atoms with van der Waals surface area (Å²) in [6.07, 6.45) is 6.42. The minimum absolute atomic E-state index is 0.0618. The number of hydrogen-bond donors (Lipinski definition) is 2. The van der Waals surface area contributed by atoms with Gasteiger partial charge < -0.3 is 15.2 Å². The van der Waals surface area contributed by atoms with Gasteiger partial charge >= 0.3 is 6.09 Å². The van der Waals surface area contributed by atoms with Gasteiger partial charge in [0.15, 0.2) is 0 Å². The molecule has 1 aromatic rings. The Bertz CT molecular complexity index is 444. The van der Waals surface area contributed by atoms with E-state index in [0.29, 0.717) is 0 Å². The van der Waals surface area contributed by atoms with Crippen LogP contribution in [0.5, 0.6) is 0 Å². The molecule has 108 valence electrons. The number of alkyl carbamates (subject to hydrolysis) is 1. The highest BCUT2D eigenvalue weighted by molar-refractivity contribution is 5.67. The quantitative estimate of drug-likeness (QED) is 0.834. The van der Waals surface area contributed by atoms with E-state index in [0.717, 1.165) is 31.2 Å². The number of nitrogens with one attached hydrogen (secondary N) is 1. The molecule has 1 aliphatic carbocycles. The molecule has 0 saturated carbocycles. The number of ether oxygens (including phenoxy) is 1. The Morgan fingerprint density at radius 3 is 2.75 bits per heavy atom. The Morgan fingerprint density at radius 1 is 1.20 bits per heavy atom. The van der Waals surface area contributed by atoms with Gasteiger partial charge in [-0.3, -0.25) is 0 Å². The molecule has 0 aliphatic heterocycles. The first-order valence-electron chi connectivity index (χ1n) is 7.07. The lowest BCUT2D eigenvalue weighted by Gasteiger charge is -2.18. The van der Waals surface area contributed by atoms with Crippen LogP contribution in [0.1, 0.15) is 31.2 Å². The average molecular weight is 275 g/mol. The standard InChI is InChI=1S/C16H21NO3/c18-15-9-5-4-8-14(10-11-15)17-16(19)20-12-13-6-2-1-3-7-13/h1-3,6-7,10-11,14-15,18H,4-5,8-9,12H2,(H,17,19)/t14-,15+/m1/s1. The molecule has 2 N–H and O–H groups in total. The van der Waals surface area contributed by atoms with Crippen molar-refractivity contribution in [2.24, 2.45) is 0 Å². The number of benzene rings is 1. The molecular formula is C16H21NO3. The van der Waals surface area contributed by atoms with Crippen LogP contribution >= 0.6 is 0 Å². The van der Waals surface area contributed by atoms with Gasteiger partial charge in [0, 0.05) is 0 Å². The van der Waals surface area contributed by atoms with Gasteiger partial charge in [0.2, 0.25) is 0 Å². The highest BCUT2D eigenvalue weighted by Gasteiger charge is 2.13. The maximum Gasteiger partial charge on any atom is 0.407 e. The van der Waals surface area contributed by atoms with Gasteiger partial charge in [-0.1, -0.05) is 55.3 Å². The number of rotatable bonds is 3. The van der Waals surface area contributed by atoms with E-state index < -0.39 is 12.2 Å². The maximum atomic E-state index is 11.7. The fourth-order valence-electron chi connectivity index (χ4n) is 2.21. The predicted molar refractivity (Wildman–Crippen MR) is 77.2 cm³/mol. The lowest BCUT2D eigenvalue weighted by Crippen LogP contribution is -2.34. The summed E-state index contributed by atoms with van der Waals surface area (Å²) in [5.74, 6) is 0. The first-order chi connectivity index (χ1) is 9.74. The molecule has 0 bridgehead atoms. The zero-order valence-corrected chi connectivity index (χ0v) is 11.5. The molecule has 1 aromatic carbocycles. The van der Waals surface area contributed by atoms with E-state index >= 15 is 0 Å². The van der Waals surface area contributed by atoms with Crippen molar-refractivity contribution in [3.63, 3.8) is 0 Å². The predicted octanol–water partition coefficient (Wildman–Crippen LogP) is 2.77. The second kappa shape index (κ2) is 7.70. The summed E-state index contributed by atoms with van der Waals surface area (Å²) in [4.78, 5) is 11.7. The zero-order chi connectivity index (χ0) is 14.2. The minimum atomic E-state index is -0.418. The van der Waals surface area contributed by atoms with E-state index in [9.17, 15) is 9.90 Å². The molecule has 2 rings (SSSR count). The van der Waals surface area contributed by atoms with E-state index in [-0.39, 0.29) is 12.6 Å². The summed E-state index contributed by atoms with van der Waals surface area (Å²) in [7, 11) is 0. The lowest BCUT2D eigenvalue weighted by molar-refractivity contribution is 0.136. The van der Waals surface area contributed by atoms with Crippen molar-refractivity contribution in [3.8, 4) is 0 Å². The molecule has 20 heavy (non-hydrogen) atoms. The molecule has 0 heterocycles. The summed E-state index contributed by atoms with van der Waals surface area (Å²) < 4.78 is 5.18. The van der Waals surface area contributed by atoms with E-state index in [4.69, 9.17) is 4.74 Å². The van der Waals surface area contributed by atoms with Gasteiger partial charge in [0.05, 0.1) is 12.1 Å². The first kappa shape index (κ1) is 14.6. The molecule has 0 unspecified atom stereocenters. The normalized spacial score (nSPS) is 22.6. The summed E-state index contributed by atoms with van der Waals surface area (Å²) in [5.41, 5.74) is 0.964. The molecule has 4 nitrogen and oxygen atoms in total. The smallest absolute Gasteiger partial charge is 0.407 e. The highest BCUT2D eigenvalue weighted by Crippen LogP contribution is 2.12. The van der Waals surface area contributed by atoms with Gasteiger partial charge in [0.1, 0.15) is 6.61 Å². The second-order valence-corrected chi connectivity index (χ2v) is 5.05. The fraction of sp³-hybridized carbons (Fsp3) is 0.438. The summed E-state index contributed by atoms with van der Waals surface area (Å²) in [6, 6.07) is 9.52. The Hall–Kier alpha value is -1.81. The molecule has 0 spiro atoms. The third kappa shape index (κ3) is 5.05. The summed E-state index contributed by atoms with van der Waals surface area (Å²) >= 11 is 0. The van der Waals surface area contributed by atoms with Crippen LogP contribution in [0.3, 0.4) is 0 Å². The lowest BCUT2D eigenvalue weighted by atomic mass is 10.0. The summed E-state index contributed by atoms with van der Waals surface area (Å²) in [5, 5.41) is 12.4. The maximum absolute atomic E-state index is 11.7. The van der Waals surface area contributed by atoms with Crippen LogP contribution in [0.2, 0.25) is 0 Å². The van der Waals surface area contributed by atoms with Gasteiger partial charge in [-0.15, -0.1) is 0 Å². The van der Waals surface area contributed by atoms with E-state index in [1.807, 2.05) is 36.4 Å². The first-order valence-corrected chi connectivity index (χ1v) is 7.07. The van der Waals surface area contributed by atoms with Gasteiger partial charge in [-0.25, -0.2) is 4.79 Å². The average Bonchev–Trinajstić information content (AvgIpc) is 2.45. The molecular weight excluding hydrogens is 254 g/mol. The molecule has 0 saturated heterocycles. The van der Waals surface area contributed by atoms with Gasteiger partial charge in [0.25, 0.3) is 0 Å². The van der Waals surface area contributed by atoms with Crippen LogP contribution in [0.25, 0.3) is 0 Å². The number of aliphatic hydroxyl groups excluding tert-OH is 1. The fourth-order valence-corrected chi connectivity index (χ4v) is 2.21. The number of carbonyl (C=O) groups is 1. The Kier molecular flexibility index (Phi) is 5.62. The molecule has 0 radical (unpaired) electrons. The number of amides is 1. The van der Waals surface area contributed by atoms with E-state index in [1.54, 1.807) is 6.08 Å². The number of hydrogen-bond acceptors (Lipinski definition) is 3. The monoisotopic (exact) mass is 275 g/mol. The number of aliphatic hydroxyl groups is 1. The third-order valence-electron chi connectivity index (χ3n) is 3.35. The Morgan fingerprint density at radius 2 is 1.95 bits per heavy atom. The molecule has 1 aliphatic rings. The highest BCUT2D eigenvalue weighted by atomic mass is 16.5. The van der Waals surface area contributed by atoms with Crippen molar-refractivity contribution in [1.82, 2.24) is 5.32 Å². The zero-order valence-electron chi connectivity index (χ0n) is 11.5. The van der Waals surface area contributed by atoms with Gasteiger partial charge in [-0.2, -0.15) is 0 Å². The van der Waals surface area contributed by atoms with Crippen molar-refractivity contribution >= 4 is 6.09 Å². The second-order valence-electron chi connectivity index (χ2n) is 5.05. The molecule has 0 fully saturated rings.